The van der Waals surface area contributed by atoms with Gasteiger partial charge in [-0.1, -0.05) is 52.3 Å². The van der Waals surface area contributed by atoms with E-state index < -0.39 is 59.8 Å². The number of fused-ring (bicyclic) bond motifs is 3. The number of methoxy groups -OCH3 is 2. The van der Waals surface area contributed by atoms with Crippen LogP contribution in [0.15, 0.2) is 23.3 Å². The molecule has 2 bridgehead atoms. The quantitative estimate of drug-likeness (QED) is 0.162. The van der Waals surface area contributed by atoms with Gasteiger partial charge in [-0.05, 0) is 114 Å². The summed E-state index contributed by atoms with van der Waals surface area (Å²) in [7, 11) is 3.12. The number of ether oxygens (including phenoxy) is 5. The Morgan fingerprint density at radius 3 is 2.35 bits per heavy atom. The average Bonchev–Trinajstić information content (AvgIpc) is 3.19. The number of esters is 1. The molecule has 3 aliphatic heterocycles. The van der Waals surface area contributed by atoms with Crippen LogP contribution in [0.1, 0.15) is 132 Å². The van der Waals surface area contributed by atoms with Gasteiger partial charge >= 0.3 is 5.97 Å². The van der Waals surface area contributed by atoms with Crippen molar-refractivity contribution in [3.8, 4) is 0 Å². The van der Waals surface area contributed by atoms with Gasteiger partial charge in [0, 0.05) is 51.7 Å². The second kappa shape index (κ2) is 21.7. The van der Waals surface area contributed by atoms with E-state index in [1.54, 1.807) is 21.1 Å². The number of carbonyl (C=O) groups is 4. The molecule has 4 aliphatic rings. The Bertz CT molecular complexity index is 1430. The van der Waals surface area contributed by atoms with Gasteiger partial charge in [0.15, 0.2) is 0 Å². The van der Waals surface area contributed by atoms with E-state index in [1.807, 2.05) is 27.7 Å². The molecule has 1 saturated carbocycles. The van der Waals surface area contributed by atoms with E-state index in [-0.39, 0.29) is 54.6 Å². The molecule has 0 aromatic heterocycles. The number of Topliss-reactive ketones (excluding diaryl/α,β-unsaturated/α-hetero) is 2. The third-order valence-electron chi connectivity index (χ3n) is 13.1. The van der Waals surface area contributed by atoms with Crippen molar-refractivity contribution < 1.29 is 48.0 Å². The molecule has 1 aliphatic carbocycles. The Kier molecular flexibility index (Phi) is 18.0. The molecule has 1 amide bonds. The Hall–Kier alpha value is -2.48. The van der Waals surface area contributed by atoms with E-state index >= 15 is 0 Å². The number of aliphatic hydroxyl groups is 1. The molecule has 12 heteroatoms. The molecule has 13 atom stereocenters. The van der Waals surface area contributed by atoms with Gasteiger partial charge in [-0.15, -0.1) is 0 Å². The summed E-state index contributed by atoms with van der Waals surface area (Å²) in [6, 6.07) is -1.06. The highest BCUT2D eigenvalue weighted by molar-refractivity contribution is 6.39. The lowest BCUT2D eigenvalue weighted by Gasteiger charge is -2.47. The number of piperidine rings is 1. The van der Waals surface area contributed by atoms with E-state index in [4.69, 9.17) is 29.4 Å². The van der Waals surface area contributed by atoms with Crippen molar-refractivity contribution in [2.24, 2.45) is 35.3 Å². The number of nitrogens with zero attached hydrogens (tertiary/aromatic N) is 1. The number of hydrogen-bond donors (Lipinski definition) is 2. The molecule has 3 fully saturated rings. The van der Waals surface area contributed by atoms with Crippen molar-refractivity contribution >= 4 is 23.4 Å². The molecule has 324 valence electrons. The second-order valence-electron chi connectivity index (χ2n) is 17.8. The minimum atomic E-state index is -2.45. The fourth-order valence-electron chi connectivity index (χ4n) is 9.64. The number of ketones is 2. The maximum Gasteiger partial charge on any atom is 0.329 e. The zero-order valence-corrected chi connectivity index (χ0v) is 36.3. The first-order valence-electron chi connectivity index (χ1n) is 21.8. The average molecular weight is 803 g/mol. The van der Waals surface area contributed by atoms with Crippen LogP contribution in [0.3, 0.4) is 0 Å². The molecular formula is C45H74N2O10. The van der Waals surface area contributed by atoms with E-state index in [0.29, 0.717) is 58.0 Å². The molecule has 12 nitrogen and oxygen atoms in total. The first kappa shape index (κ1) is 47.2. The van der Waals surface area contributed by atoms with Crippen molar-refractivity contribution in [3.05, 3.63) is 23.3 Å². The van der Waals surface area contributed by atoms with Crippen LogP contribution in [0.4, 0.5) is 0 Å². The SMILES string of the molecule is CCCOC1CC(C=C(C)C2OC(=O)C3CCCCN3C(=O)C(=O)C3(O)OC(C(OC)CC(C)CC(C)=CC(CC)C(=O)CCC2C)C(OC)CC3C)CCC1N. The molecule has 0 spiro atoms. The number of rotatable bonds is 8. The number of allylic oxidation sites excluding steroid dienone is 3. The van der Waals surface area contributed by atoms with Crippen molar-refractivity contribution in [2.45, 2.75) is 180 Å². The Morgan fingerprint density at radius 2 is 1.68 bits per heavy atom. The summed E-state index contributed by atoms with van der Waals surface area (Å²) in [5.74, 6) is -5.97. The predicted octanol–water partition coefficient (Wildman–Crippen LogP) is 6.25. The monoisotopic (exact) mass is 803 g/mol. The van der Waals surface area contributed by atoms with Crippen LogP contribution in [-0.4, -0.2) is 109 Å². The molecular weight excluding hydrogens is 728 g/mol. The van der Waals surface area contributed by atoms with Crippen LogP contribution in [0.25, 0.3) is 0 Å². The van der Waals surface area contributed by atoms with Gasteiger partial charge in [0.05, 0.1) is 18.3 Å². The lowest BCUT2D eigenvalue weighted by molar-refractivity contribution is -0.302. The van der Waals surface area contributed by atoms with Crippen LogP contribution in [-0.2, 0) is 42.9 Å². The van der Waals surface area contributed by atoms with Crippen LogP contribution < -0.4 is 5.73 Å². The normalized spacial score (nSPS) is 38.8. The molecule has 3 heterocycles. The zero-order chi connectivity index (χ0) is 42.0. The largest absolute Gasteiger partial charge is 0.456 e. The van der Waals surface area contributed by atoms with Crippen LogP contribution in [0, 0.1) is 29.6 Å². The fraction of sp³-hybridized carbons (Fsp3) is 0.822. The summed E-state index contributed by atoms with van der Waals surface area (Å²) < 4.78 is 30.6. The molecule has 0 aromatic carbocycles. The smallest absolute Gasteiger partial charge is 0.329 e. The maximum absolute atomic E-state index is 14.3. The van der Waals surface area contributed by atoms with Gasteiger partial charge < -0.3 is 39.4 Å². The standard InChI is InChI=1S/C45H74N2O10/c1-10-20-55-37-26-32(16-17-34(37)46)24-30(6)40-29(5)15-18-36(48)33(11-2)22-27(3)21-28(4)23-38(53-8)41-39(54-9)25-31(7)45(52,57-41)42(49)43(50)47-19-13-12-14-35(47)44(51)56-40/h22,24,28-29,31-35,37-41,52H,10-21,23,25-26,46H2,1-9H3. The lowest BCUT2D eigenvalue weighted by atomic mass is 9.81. The van der Waals surface area contributed by atoms with Crippen molar-refractivity contribution in [2.75, 3.05) is 27.4 Å². The summed E-state index contributed by atoms with van der Waals surface area (Å²) in [4.78, 5) is 57.9. The highest BCUT2D eigenvalue weighted by Crippen LogP contribution is 2.39. The van der Waals surface area contributed by atoms with Gasteiger partial charge in [-0.25, -0.2) is 4.79 Å². The summed E-state index contributed by atoms with van der Waals surface area (Å²) in [6.45, 7) is 14.7. The van der Waals surface area contributed by atoms with E-state index in [2.05, 4.69) is 26.0 Å². The first-order chi connectivity index (χ1) is 27.1. The maximum atomic E-state index is 14.3. The Balaban J connectivity index is 1.72. The van der Waals surface area contributed by atoms with Crippen molar-refractivity contribution in [1.29, 1.82) is 0 Å². The summed E-state index contributed by atoms with van der Waals surface area (Å²) in [5, 5.41) is 12.0. The van der Waals surface area contributed by atoms with E-state index in [1.165, 1.54) is 4.90 Å². The highest BCUT2D eigenvalue weighted by Gasteiger charge is 2.56. The Labute approximate surface area is 342 Å². The molecule has 13 unspecified atom stereocenters. The number of hydrogen-bond acceptors (Lipinski definition) is 11. The van der Waals surface area contributed by atoms with Crippen LogP contribution >= 0.6 is 0 Å². The summed E-state index contributed by atoms with van der Waals surface area (Å²) >= 11 is 0. The molecule has 4 rings (SSSR count). The number of carbonyl (C=O) groups excluding carboxylic acids is 4. The third-order valence-corrected chi connectivity index (χ3v) is 13.1. The van der Waals surface area contributed by atoms with Gasteiger partial charge in [-0.2, -0.15) is 0 Å². The highest BCUT2D eigenvalue weighted by atomic mass is 16.7. The molecule has 2 saturated heterocycles. The van der Waals surface area contributed by atoms with Gasteiger partial charge in [0.1, 0.15) is 24.0 Å². The lowest BCUT2D eigenvalue weighted by Crippen LogP contribution is -2.64. The first-order valence-corrected chi connectivity index (χ1v) is 21.8. The number of cyclic esters (lactones) is 1. The number of nitrogens with two attached hydrogens (primary N) is 1. The third kappa shape index (κ3) is 11.8. The number of amides is 1. The molecule has 3 N–H and O–H groups in total. The molecule has 57 heavy (non-hydrogen) atoms. The van der Waals surface area contributed by atoms with Crippen LogP contribution in [0.2, 0.25) is 0 Å². The summed E-state index contributed by atoms with van der Waals surface area (Å²) in [6.07, 6.45) is 9.54. The van der Waals surface area contributed by atoms with Gasteiger partial charge in [0.25, 0.3) is 11.7 Å². The van der Waals surface area contributed by atoms with Gasteiger partial charge in [0.2, 0.25) is 5.79 Å². The summed E-state index contributed by atoms with van der Waals surface area (Å²) in [5.41, 5.74) is 8.41. The fourth-order valence-corrected chi connectivity index (χ4v) is 9.64. The molecule has 0 aromatic rings. The Morgan fingerprint density at radius 1 is 0.982 bits per heavy atom. The topological polar surface area (TPSA) is 164 Å². The van der Waals surface area contributed by atoms with E-state index in [0.717, 1.165) is 36.8 Å². The van der Waals surface area contributed by atoms with Crippen molar-refractivity contribution in [1.82, 2.24) is 4.90 Å². The van der Waals surface area contributed by atoms with Crippen LogP contribution in [0.5, 0.6) is 0 Å². The van der Waals surface area contributed by atoms with E-state index in [9.17, 15) is 24.3 Å². The minimum Gasteiger partial charge on any atom is -0.456 e. The second-order valence-corrected chi connectivity index (χ2v) is 17.8. The van der Waals surface area contributed by atoms with Gasteiger partial charge in [-0.3, -0.25) is 14.4 Å². The van der Waals surface area contributed by atoms with Crippen molar-refractivity contribution in [3.63, 3.8) is 0 Å². The minimum absolute atomic E-state index is 0.0304. The molecule has 0 radical (unpaired) electrons. The predicted molar refractivity (Wildman–Crippen MR) is 218 cm³/mol. The zero-order valence-electron chi connectivity index (χ0n) is 36.3.